The van der Waals surface area contributed by atoms with Crippen molar-refractivity contribution in [3.8, 4) is 67.5 Å². The minimum atomic E-state index is 0.0590. The van der Waals surface area contributed by atoms with Crippen LogP contribution in [0.25, 0.3) is 90.9 Å². The van der Waals surface area contributed by atoms with Crippen molar-refractivity contribution in [2.75, 3.05) is 0 Å². The van der Waals surface area contributed by atoms with Crippen LogP contribution in [0.2, 0.25) is 0 Å². The Morgan fingerprint density at radius 1 is 0.297 bits per heavy atom. The summed E-state index contributed by atoms with van der Waals surface area (Å²) in [5.74, 6) is 3.25. The second kappa shape index (κ2) is 17.8. The SMILES string of the molecule is CC(C)Oc1ccc(-c2c3nc(c(-c4ccc(OC(C)C)cc4)c4ccc([nH]4)c(-c4ccc(OC(C)C)cc4)c4nc(c(-c5ccc(OC(C)C)cc5)c5ccc2[nH]5)C=C4)C=C3)cc1. The molecule has 8 bridgehead atoms. The summed E-state index contributed by atoms with van der Waals surface area (Å²) in [5.41, 5.74) is 14.9. The lowest BCUT2D eigenvalue weighted by atomic mass is 10.0. The van der Waals surface area contributed by atoms with Crippen molar-refractivity contribution in [3.63, 3.8) is 0 Å². The van der Waals surface area contributed by atoms with Gasteiger partial charge in [-0.25, -0.2) is 9.97 Å². The molecule has 9 rings (SSSR count). The number of rotatable bonds is 12. The zero-order valence-electron chi connectivity index (χ0n) is 37.7. The normalized spacial score (nSPS) is 12.2. The van der Waals surface area contributed by atoms with E-state index in [4.69, 9.17) is 28.9 Å². The van der Waals surface area contributed by atoms with E-state index < -0.39 is 0 Å². The lowest BCUT2D eigenvalue weighted by Gasteiger charge is -2.11. The Morgan fingerprint density at radius 2 is 0.500 bits per heavy atom. The molecule has 8 nitrogen and oxygen atoms in total. The third-order valence-corrected chi connectivity index (χ3v) is 10.8. The molecular weight excluding hydrogens is 793 g/mol. The van der Waals surface area contributed by atoms with E-state index >= 15 is 0 Å². The molecule has 0 radical (unpaired) electrons. The summed E-state index contributed by atoms with van der Waals surface area (Å²) in [6.07, 6.45) is 8.69. The molecule has 2 aliphatic heterocycles. The predicted molar refractivity (Wildman–Crippen MR) is 264 cm³/mol. The van der Waals surface area contributed by atoms with Crippen LogP contribution in [0, 0.1) is 0 Å². The molecule has 64 heavy (non-hydrogen) atoms. The summed E-state index contributed by atoms with van der Waals surface area (Å²) in [6.45, 7) is 16.3. The molecule has 8 heteroatoms. The average molecular weight is 847 g/mol. The fourth-order valence-electron chi connectivity index (χ4n) is 8.31. The number of nitrogens with zero attached hydrogens (tertiary/aromatic N) is 2. The highest BCUT2D eigenvalue weighted by molar-refractivity contribution is 6.00. The van der Waals surface area contributed by atoms with Crippen LogP contribution in [-0.2, 0) is 0 Å². The van der Waals surface area contributed by atoms with E-state index in [2.05, 4.69) is 107 Å². The largest absolute Gasteiger partial charge is 0.491 e. The van der Waals surface area contributed by atoms with E-state index in [0.29, 0.717) is 0 Å². The van der Waals surface area contributed by atoms with Crippen LogP contribution >= 0.6 is 0 Å². The van der Waals surface area contributed by atoms with Crippen molar-refractivity contribution >= 4 is 46.4 Å². The van der Waals surface area contributed by atoms with Gasteiger partial charge in [0, 0.05) is 44.3 Å². The summed E-state index contributed by atoms with van der Waals surface area (Å²) < 4.78 is 24.3. The van der Waals surface area contributed by atoms with Gasteiger partial charge in [0.2, 0.25) is 0 Å². The predicted octanol–water partition coefficient (Wildman–Crippen LogP) is 14.5. The Hall–Kier alpha value is -7.32. The van der Waals surface area contributed by atoms with E-state index in [1.54, 1.807) is 0 Å². The first-order valence-corrected chi connectivity index (χ1v) is 22.2. The first kappa shape index (κ1) is 42.0. The van der Waals surface area contributed by atoms with Crippen molar-refractivity contribution in [3.05, 3.63) is 144 Å². The third-order valence-electron chi connectivity index (χ3n) is 10.8. The van der Waals surface area contributed by atoms with Crippen molar-refractivity contribution in [1.29, 1.82) is 0 Å². The maximum atomic E-state index is 6.06. The number of hydrogen-bond donors (Lipinski definition) is 2. The van der Waals surface area contributed by atoms with Crippen LogP contribution in [0.3, 0.4) is 0 Å². The number of aromatic amines is 2. The van der Waals surface area contributed by atoms with Crippen LogP contribution in [0.4, 0.5) is 0 Å². The van der Waals surface area contributed by atoms with Crippen LogP contribution in [-0.4, -0.2) is 44.4 Å². The first-order valence-electron chi connectivity index (χ1n) is 22.2. The number of fused-ring (bicyclic) bond motifs is 8. The maximum Gasteiger partial charge on any atom is 0.119 e. The Kier molecular flexibility index (Phi) is 11.7. The third kappa shape index (κ3) is 8.95. The van der Waals surface area contributed by atoms with Gasteiger partial charge in [0.1, 0.15) is 23.0 Å². The molecule has 0 amide bonds. The molecule has 2 N–H and O–H groups in total. The lowest BCUT2D eigenvalue weighted by molar-refractivity contribution is 0.242. The van der Waals surface area contributed by atoms with Gasteiger partial charge in [-0.3, -0.25) is 0 Å². The standard InChI is InChI=1S/C56H54N4O4/c1-33(2)61-41-17-9-37(10-18-41)53-45-25-27-47(57-45)54(38-11-19-42(20-12-38)62-34(3)4)49-29-31-51(59-49)56(40-15-23-44(24-16-40)64-36(7)8)52-32-30-50(60-52)55(48-28-26-46(53)58-48)39-13-21-43(22-14-39)63-35(5)6/h9-36,57,60H,1-8H3. The minimum Gasteiger partial charge on any atom is -0.491 e. The van der Waals surface area contributed by atoms with Crippen molar-refractivity contribution in [1.82, 2.24) is 19.9 Å². The van der Waals surface area contributed by atoms with Crippen LogP contribution in [0.15, 0.2) is 121 Å². The fraction of sp³-hybridized carbons (Fsp3) is 0.214. The molecule has 0 aliphatic carbocycles. The Bertz CT molecular complexity index is 2620. The molecule has 0 fully saturated rings. The summed E-state index contributed by atoms with van der Waals surface area (Å²) >= 11 is 0. The van der Waals surface area contributed by atoms with E-state index in [1.807, 2.05) is 104 Å². The Labute approximate surface area is 375 Å². The number of ether oxygens (including phenoxy) is 4. The van der Waals surface area contributed by atoms with Gasteiger partial charge in [-0.15, -0.1) is 0 Å². The molecule has 0 saturated carbocycles. The quantitative estimate of drug-likeness (QED) is 0.127. The Morgan fingerprint density at radius 3 is 0.688 bits per heavy atom. The fourth-order valence-corrected chi connectivity index (χ4v) is 8.31. The molecular formula is C56H54N4O4. The second-order valence-electron chi connectivity index (χ2n) is 17.3. The van der Waals surface area contributed by atoms with Gasteiger partial charge in [0.05, 0.1) is 47.2 Å². The molecule has 2 aliphatic rings. The smallest absolute Gasteiger partial charge is 0.119 e. The van der Waals surface area contributed by atoms with Crippen LogP contribution in [0.5, 0.6) is 23.0 Å². The first-order chi connectivity index (χ1) is 30.9. The van der Waals surface area contributed by atoms with Gasteiger partial charge in [-0.2, -0.15) is 0 Å². The topological polar surface area (TPSA) is 94.3 Å². The maximum absolute atomic E-state index is 6.06. The minimum absolute atomic E-state index is 0.0590. The van der Waals surface area contributed by atoms with Crippen molar-refractivity contribution in [2.24, 2.45) is 0 Å². The highest BCUT2D eigenvalue weighted by Crippen LogP contribution is 2.39. The average Bonchev–Trinajstić information content (AvgIpc) is 4.11. The molecule has 4 aromatic carbocycles. The van der Waals surface area contributed by atoms with E-state index in [0.717, 1.165) is 112 Å². The van der Waals surface area contributed by atoms with Crippen molar-refractivity contribution < 1.29 is 18.9 Å². The number of hydrogen-bond acceptors (Lipinski definition) is 6. The summed E-state index contributed by atoms with van der Waals surface area (Å²) in [6, 6.07) is 41.7. The van der Waals surface area contributed by atoms with Gasteiger partial charge in [0.15, 0.2) is 0 Å². The van der Waals surface area contributed by atoms with Crippen molar-refractivity contribution in [2.45, 2.75) is 79.8 Å². The van der Waals surface area contributed by atoms with Gasteiger partial charge in [-0.05, 0) is 175 Å². The van der Waals surface area contributed by atoms with Gasteiger partial charge in [-0.1, -0.05) is 48.5 Å². The molecule has 7 aromatic rings. The number of nitrogens with one attached hydrogen (secondary N) is 2. The molecule has 0 atom stereocenters. The van der Waals surface area contributed by atoms with Crippen LogP contribution < -0.4 is 18.9 Å². The van der Waals surface area contributed by atoms with Crippen LogP contribution in [0.1, 0.15) is 78.2 Å². The Balaban J connectivity index is 1.37. The molecule has 0 spiro atoms. The van der Waals surface area contributed by atoms with E-state index in [-0.39, 0.29) is 24.4 Å². The number of aromatic nitrogens is 4. The molecule has 5 heterocycles. The molecule has 322 valence electrons. The van der Waals surface area contributed by atoms with Gasteiger partial charge >= 0.3 is 0 Å². The molecule has 0 saturated heterocycles. The number of benzene rings is 4. The number of H-pyrrole nitrogens is 2. The summed E-state index contributed by atoms with van der Waals surface area (Å²) in [7, 11) is 0. The molecule has 3 aromatic heterocycles. The highest BCUT2D eigenvalue weighted by Gasteiger charge is 2.20. The van der Waals surface area contributed by atoms with Gasteiger partial charge in [0.25, 0.3) is 0 Å². The lowest BCUT2D eigenvalue weighted by Crippen LogP contribution is -2.05. The zero-order valence-corrected chi connectivity index (χ0v) is 37.7. The summed E-state index contributed by atoms with van der Waals surface area (Å²) in [5, 5.41) is 0. The van der Waals surface area contributed by atoms with Gasteiger partial charge < -0.3 is 28.9 Å². The zero-order chi connectivity index (χ0) is 44.5. The van der Waals surface area contributed by atoms with E-state index in [9.17, 15) is 0 Å². The monoisotopic (exact) mass is 846 g/mol. The second-order valence-corrected chi connectivity index (χ2v) is 17.3. The highest BCUT2D eigenvalue weighted by atomic mass is 16.5. The summed E-state index contributed by atoms with van der Waals surface area (Å²) in [4.78, 5) is 18.6. The molecule has 0 unspecified atom stereocenters. The van der Waals surface area contributed by atoms with E-state index in [1.165, 1.54) is 0 Å².